The highest BCUT2D eigenvalue weighted by molar-refractivity contribution is 6.08. The molecule has 3 aromatic rings. The molecule has 0 saturated heterocycles. The highest BCUT2D eigenvalue weighted by Gasteiger charge is 2.15. The summed E-state index contributed by atoms with van der Waals surface area (Å²) in [4.78, 5) is 0. The number of benzene rings is 2. The Morgan fingerprint density at radius 2 is 1.67 bits per heavy atom. The van der Waals surface area contributed by atoms with Crippen LogP contribution >= 0.6 is 0 Å². The Bertz CT molecular complexity index is 789. The third kappa shape index (κ3) is 3.40. The zero-order chi connectivity index (χ0) is 17.1. The van der Waals surface area contributed by atoms with Crippen molar-refractivity contribution < 1.29 is 18.6 Å². The van der Waals surface area contributed by atoms with Crippen LogP contribution in [0.15, 0.2) is 36.4 Å². The van der Waals surface area contributed by atoms with E-state index in [1.54, 1.807) is 23.8 Å². The van der Waals surface area contributed by atoms with Crippen LogP contribution < -0.4 is 5.32 Å². The number of nitrogens with one attached hydrogen (secondary N) is 1. The lowest BCUT2D eigenvalue weighted by Gasteiger charge is -2.15. The van der Waals surface area contributed by atoms with Crippen molar-refractivity contribution in [2.24, 2.45) is 0 Å². The molecular weight excluding hydrogens is 314 g/mol. The molecule has 6 heteroatoms. The molecule has 0 aliphatic heterocycles. The number of fused-ring (bicyclic) bond motifs is 3. The second-order valence-corrected chi connectivity index (χ2v) is 5.78. The maximum absolute atomic E-state index is 13.7. The fourth-order valence-electron chi connectivity index (χ4n) is 2.96. The lowest BCUT2D eigenvalue weighted by molar-refractivity contribution is 0.146. The molecule has 4 nitrogen and oxygen atoms in total. The van der Waals surface area contributed by atoms with E-state index in [0.717, 1.165) is 10.8 Å². The number of hydrogen-bond donors (Lipinski definition) is 2. The number of nitrogens with zero attached hydrogens (tertiary/aromatic N) is 1. The first-order valence-electron chi connectivity index (χ1n) is 7.85. The third-order valence-corrected chi connectivity index (χ3v) is 4.05. The van der Waals surface area contributed by atoms with E-state index in [2.05, 4.69) is 5.32 Å². The molecule has 3 rings (SSSR count). The van der Waals surface area contributed by atoms with Gasteiger partial charge in [-0.05, 0) is 36.4 Å². The van der Waals surface area contributed by atoms with E-state index in [0.29, 0.717) is 30.7 Å². The van der Waals surface area contributed by atoms with Crippen LogP contribution in [0.25, 0.3) is 21.8 Å². The van der Waals surface area contributed by atoms with Crippen LogP contribution in [0.5, 0.6) is 0 Å². The minimum atomic E-state index is -0.688. The lowest BCUT2D eigenvalue weighted by Crippen LogP contribution is -2.32. The molecule has 0 radical (unpaired) electrons. The number of aromatic nitrogens is 1. The van der Waals surface area contributed by atoms with Crippen LogP contribution in [0.4, 0.5) is 8.78 Å². The molecule has 1 atom stereocenters. The molecule has 1 heterocycles. The molecule has 0 fully saturated rings. The fraction of sp³-hybridized carbons (Fsp3) is 0.333. The van der Waals surface area contributed by atoms with Gasteiger partial charge in [0.2, 0.25) is 0 Å². The van der Waals surface area contributed by atoms with Gasteiger partial charge in [-0.2, -0.15) is 0 Å². The summed E-state index contributed by atoms with van der Waals surface area (Å²) in [5.74, 6) is -0.723. The van der Waals surface area contributed by atoms with Crippen LogP contribution in [0.3, 0.4) is 0 Å². The number of aliphatic hydroxyl groups is 1. The van der Waals surface area contributed by atoms with E-state index in [-0.39, 0.29) is 18.2 Å². The lowest BCUT2D eigenvalue weighted by atomic mass is 10.1. The van der Waals surface area contributed by atoms with Gasteiger partial charge in [0.15, 0.2) is 0 Å². The van der Waals surface area contributed by atoms with Gasteiger partial charge in [-0.15, -0.1) is 0 Å². The molecule has 128 valence electrons. The zero-order valence-electron chi connectivity index (χ0n) is 13.4. The fourth-order valence-corrected chi connectivity index (χ4v) is 2.96. The Kier molecular flexibility index (Phi) is 5.08. The van der Waals surface area contributed by atoms with Crippen molar-refractivity contribution in [3.05, 3.63) is 48.0 Å². The number of aliphatic hydroxyl groups excluding tert-OH is 1. The average Bonchev–Trinajstić information content (AvgIpc) is 2.84. The average molecular weight is 334 g/mol. The van der Waals surface area contributed by atoms with Gasteiger partial charge in [-0.3, -0.25) is 0 Å². The van der Waals surface area contributed by atoms with E-state index in [1.807, 2.05) is 0 Å². The van der Waals surface area contributed by atoms with Gasteiger partial charge in [-0.1, -0.05) is 0 Å². The maximum atomic E-state index is 13.7. The van der Waals surface area contributed by atoms with E-state index < -0.39 is 6.10 Å². The van der Waals surface area contributed by atoms with Crippen molar-refractivity contribution >= 4 is 21.8 Å². The van der Waals surface area contributed by atoms with Crippen molar-refractivity contribution in [1.29, 1.82) is 0 Å². The van der Waals surface area contributed by atoms with Crippen molar-refractivity contribution in [2.45, 2.75) is 12.6 Å². The molecule has 0 aliphatic carbocycles. The SMILES string of the molecule is COCCNCC(O)Cn1c2cc(F)ccc2c2ccc(F)cc21. The third-order valence-electron chi connectivity index (χ3n) is 4.05. The van der Waals surface area contributed by atoms with Crippen molar-refractivity contribution in [3.63, 3.8) is 0 Å². The Morgan fingerprint density at radius 3 is 2.21 bits per heavy atom. The molecule has 24 heavy (non-hydrogen) atoms. The molecule has 1 aromatic heterocycles. The summed E-state index contributed by atoms with van der Waals surface area (Å²) in [6.45, 7) is 1.80. The number of hydrogen-bond acceptors (Lipinski definition) is 3. The van der Waals surface area contributed by atoms with Gasteiger partial charge >= 0.3 is 0 Å². The Hall–Kier alpha value is -2.02. The van der Waals surface area contributed by atoms with Crippen molar-refractivity contribution in [3.8, 4) is 0 Å². The quantitative estimate of drug-likeness (QED) is 0.653. The van der Waals surface area contributed by atoms with E-state index >= 15 is 0 Å². The predicted octanol–water partition coefficient (Wildman–Crippen LogP) is 2.67. The number of ether oxygens (including phenoxy) is 1. The summed E-state index contributed by atoms with van der Waals surface area (Å²) in [5.41, 5.74) is 1.29. The van der Waals surface area contributed by atoms with Gasteiger partial charge in [0.05, 0.1) is 30.3 Å². The van der Waals surface area contributed by atoms with Crippen molar-refractivity contribution in [2.75, 3.05) is 26.8 Å². The van der Waals surface area contributed by atoms with Gasteiger partial charge < -0.3 is 19.7 Å². The highest BCUT2D eigenvalue weighted by Crippen LogP contribution is 2.30. The highest BCUT2D eigenvalue weighted by atomic mass is 19.1. The number of halogens is 2. The van der Waals surface area contributed by atoms with E-state index in [9.17, 15) is 13.9 Å². The molecule has 1 unspecified atom stereocenters. The molecule has 0 saturated carbocycles. The van der Waals surface area contributed by atoms with Crippen LogP contribution in [0.2, 0.25) is 0 Å². The summed E-state index contributed by atoms with van der Waals surface area (Å²) >= 11 is 0. The maximum Gasteiger partial charge on any atom is 0.125 e. The minimum Gasteiger partial charge on any atom is -0.390 e. The normalized spacial score (nSPS) is 13.0. The Balaban J connectivity index is 1.95. The van der Waals surface area contributed by atoms with Gasteiger partial charge in [0.25, 0.3) is 0 Å². The Labute approximate surface area is 138 Å². The summed E-state index contributed by atoms with van der Waals surface area (Å²) in [6.07, 6.45) is -0.688. The molecular formula is C18H20F2N2O2. The molecule has 2 aromatic carbocycles. The molecule has 2 N–H and O–H groups in total. The molecule has 0 amide bonds. The van der Waals surface area contributed by atoms with E-state index in [4.69, 9.17) is 4.74 Å². The molecule has 0 spiro atoms. The van der Waals surface area contributed by atoms with Gasteiger partial charge in [0, 0.05) is 31.0 Å². The first kappa shape index (κ1) is 16.8. The van der Waals surface area contributed by atoms with Crippen LogP contribution in [0.1, 0.15) is 0 Å². The summed E-state index contributed by atoms with van der Waals surface area (Å²) < 4.78 is 34.0. The zero-order valence-corrected chi connectivity index (χ0v) is 13.4. The standard InChI is InChI=1S/C18H20F2N2O2/c1-24-7-6-21-10-14(23)11-22-17-8-12(19)2-4-15(17)16-5-3-13(20)9-18(16)22/h2-5,8-9,14,21,23H,6-7,10-11H2,1H3. The monoisotopic (exact) mass is 334 g/mol. The first-order valence-corrected chi connectivity index (χ1v) is 7.85. The minimum absolute atomic E-state index is 0.243. The largest absolute Gasteiger partial charge is 0.390 e. The van der Waals surface area contributed by atoms with Crippen LogP contribution in [-0.2, 0) is 11.3 Å². The topological polar surface area (TPSA) is 46.4 Å². The van der Waals surface area contributed by atoms with E-state index in [1.165, 1.54) is 24.3 Å². The second-order valence-electron chi connectivity index (χ2n) is 5.78. The molecule has 0 bridgehead atoms. The number of rotatable bonds is 7. The summed E-state index contributed by atoms with van der Waals surface area (Å²) in [5, 5.41) is 15.0. The Morgan fingerprint density at radius 1 is 1.08 bits per heavy atom. The summed E-state index contributed by atoms with van der Waals surface area (Å²) in [6, 6.07) is 8.97. The van der Waals surface area contributed by atoms with Gasteiger partial charge in [0.1, 0.15) is 11.6 Å². The second kappa shape index (κ2) is 7.25. The molecule has 0 aliphatic rings. The first-order chi connectivity index (χ1) is 11.6. The van der Waals surface area contributed by atoms with Crippen molar-refractivity contribution in [1.82, 2.24) is 9.88 Å². The predicted molar refractivity (Wildman–Crippen MR) is 90.1 cm³/mol. The van der Waals surface area contributed by atoms with Crippen LogP contribution in [0, 0.1) is 11.6 Å². The summed E-state index contributed by atoms with van der Waals surface area (Å²) in [7, 11) is 1.61. The number of methoxy groups -OCH3 is 1. The smallest absolute Gasteiger partial charge is 0.125 e. The van der Waals surface area contributed by atoms with Gasteiger partial charge in [-0.25, -0.2) is 8.78 Å². The van der Waals surface area contributed by atoms with Crippen LogP contribution in [-0.4, -0.2) is 42.6 Å².